The van der Waals surface area contributed by atoms with Crippen LogP contribution in [0.25, 0.3) is 0 Å². The van der Waals surface area contributed by atoms with E-state index in [4.69, 9.17) is 4.74 Å². The second-order valence-electron chi connectivity index (χ2n) is 4.14. The maximum absolute atomic E-state index is 9.79. The Morgan fingerprint density at radius 1 is 1.29 bits per heavy atom. The molecule has 90 valence electrons. The van der Waals surface area contributed by atoms with Gasteiger partial charge in [0.1, 0.15) is 5.82 Å². The smallest absolute Gasteiger partial charge is 0.177 e. The van der Waals surface area contributed by atoms with Crippen molar-refractivity contribution in [1.82, 2.24) is 9.80 Å². The third kappa shape index (κ3) is 1.93. The van der Waals surface area contributed by atoms with Crippen LogP contribution in [0.3, 0.4) is 0 Å². The number of hydrogen-bond acceptors (Lipinski definition) is 5. The molecule has 0 atom stereocenters. The van der Waals surface area contributed by atoms with E-state index in [0.717, 1.165) is 38.7 Å². The second-order valence-corrected chi connectivity index (χ2v) is 4.14. The van der Waals surface area contributed by atoms with Crippen LogP contribution >= 0.6 is 0 Å². The van der Waals surface area contributed by atoms with Crippen LogP contribution in [0.1, 0.15) is 0 Å². The molecular formula is C12H15N3O2. The van der Waals surface area contributed by atoms with Gasteiger partial charge in [0.25, 0.3) is 0 Å². The van der Waals surface area contributed by atoms with E-state index in [-0.39, 0.29) is 5.76 Å². The first-order valence-electron chi connectivity index (χ1n) is 5.80. The topological polar surface area (TPSA) is 48.3 Å². The molecule has 0 amide bonds. The highest BCUT2D eigenvalue weighted by Crippen LogP contribution is 2.19. The Labute approximate surface area is 100.0 Å². The molecule has 0 aromatic carbocycles. The van der Waals surface area contributed by atoms with Crippen molar-refractivity contribution in [2.75, 3.05) is 32.8 Å². The number of morpholine rings is 1. The highest BCUT2D eigenvalue weighted by Gasteiger charge is 2.22. The number of ether oxygens (including phenoxy) is 1. The van der Waals surface area contributed by atoms with Crippen molar-refractivity contribution < 1.29 is 9.84 Å². The number of fused-ring (bicyclic) bond motifs is 1. The van der Waals surface area contributed by atoms with Crippen molar-refractivity contribution in [3.8, 4) is 0 Å². The molecule has 3 heterocycles. The van der Waals surface area contributed by atoms with E-state index in [1.54, 1.807) is 6.08 Å². The molecule has 5 heteroatoms. The van der Waals surface area contributed by atoms with Crippen LogP contribution in [0, 0.1) is 0 Å². The van der Waals surface area contributed by atoms with Crippen LogP contribution in [0.15, 0.2) is 41.0 Å². The minimum Gasteiger partial charge on any atom is -0.504 e. The predicted octanol–water partition coefficient (Wildman–Crippen LogP) is 0.843. The first-order valence-corrected chi connectivity index (χ1v) is 5.80. The summed E-state index contributed by atoms with van der Waals surface area (Å²) < 4.78 is 5.32. The lowest BCUT2D eigenvalue weighted by atomic mass is 10.2. The van der Waals surface area contributed by atoms with Gasteiger partial charge in [-0.15, -0.1) is 0 Å². The Morgan fingerprint density at radius 2 is 2.12 bits per heavy atom. The molecule has 5 nitrogen and oxygen atoms in total. The zero-order valence-corrected chi connectivity index (χ0v) is 9.54. The van der Waals surface area contributed by atoms with Crippen LogP contribution < -0.4 is 0 Å². The number of nitrogens with zero attached hydrogens (tertiary/aromatic N) is 3. The quantitative estimate of drug-likeness (QED) is 0.729. The molecule has 0 aromatic rings. The number of amidine groups is 1. The van der Waals surface area contributed by atoms with Crippen molar-refractivity contribution in [1.29, 1.82) is 0 Å². The zero-order valence-electron chi connectivity index (χ0n) is 9.54. The first kappa shape index (κ1) is 10.4. The summed E-state index contributed by atoms with van der Waals surface area (Å²) in [6.45, 7) is 3.97. The summed E-state index contributed by atoms with van der Waals surface area (Å²) in [7, 11) is 0. The van der Waals surface area contributed by atoms with Gasteiger partial charge in [-0.2, -0.15) is 0 Å². The van der Waals surface area contributed by atoms with Crippen molar-refractivity contribution in [2.24, 2.45) is 4.99 Å². The second kappa shape index (κ2) is 4.25. The van der Waals surface area contributed by atoms with Crippen LogP contribution in [0.4, 0.5) is 0 Å². The van der Waals surface area contributed by atoms with Gasteiger partial charge in [-0.05, 0) is 18.2 Å². The maximum Gasteiger partial charge on any atom is 0.177 e. The summed E-state index contributed by atoms with van der Waals surface area (Å²) in [5, 5.41) is 9.79. The van der Waals surface area contributed by atoms with Gasteiger partial charge in [0.15, 0.2) is 11.6 Å². The molecule has 1 N–H and O–H groups in total. The van der Waals surface area contributed by atoms with Crippen LogP contribution in [0.5, 0.6) is 0 Å². The van der Waals surface area contributed by atoms with Gasteiger partial charge in [-0.3, -0.25) is 0 Å². The third-order valence-electron chi connectivity index (χ3n) is 3.05. The maximum atomic E-state index is 9.79. The number of allylic oxidation sites excluding steroid dienone is 2. The SMILES string of the molecule is OC1=CC=CN2CC=C(N3CCOCC3)N=C12. The summed E-state index contributed by atoms with van der Waals surface area (Å²) in [6.07, 6.45) is 7.49. The Bertz CT molecular complexity index is 431. The predicted molar refractivity (Wildman–Crippen MR) is 64.5 cm³/mol. The lowest BCUT2D eigenvalue weighted by Crippen LogP contribution is -2.39. The molecule has 0 spiro atoms. The fourth-order valence-electron chi connectivity index (χ4n) is 2.13. The number of aliphatic hydroxyl groups is 1. The minimum atomic E-state index is 0.228. The lowest BCUT2D eigenvalue weighted by Gasteiger charge is -2.33. The van der Waals surface area contributed by atoms with Crippen molar-refractivity contribution >= 4 is 5.84 Å². The fraction of sp³-hybridized carbons (Fsp3) is 0.417. The minimum absolute atomic E-state index is 0.228. The van der Waals surface area contributed by atoms with Gasteiger partial charge >= 0.3 is 0 Å². The third-order valence-corrected chi connectivity index (χ3v) is 3.05. The summed E-state index contributed by atoms with van der Waals surface area (Å²) >= 11 is 0. The monoisotopic (exact) mass is 233 g/mol. The largest absolute Gasteiger partial charge is 0.504 e. The molecule has 3 rings (SSSR count). The molecule has 0 aromatic heterocycles. The average Bonchev–Trinajstić information content (AvgIpc) is 2.40. The van der Waals surface area contributed by atoms with Gasteiger partial charge in [0.2, 0.25) is 0 Å². The van der Waals surface area contributed by atoms with E-state index >= 15 is 0 Å². The fourth-order valence-corrected chi connectivity index (χ4v) is 2.13. The Morgan fingerprint density at radius 3 is 2.94 bits per heavy atom. The van der Waals surface area contributed by atoms with Crippen molar-refractivity contribution in [3.63, 3.8) is 0 Å². The van der Waals surface area contributed by atoms with Crippen LogP contribution in [0.2, 0.25) is 0 Å². The van der Waals surface area contributed by atoms with E-state index in [1.807, 2.05) is 17.2 Å². The normalized spacial score (nSPS) is 23.9. The molecule has 3 aliphatic heterocycles. The van der Waals surface area contributed by atoms with Crippen LogP contribution in [-0.4, -0.2) is 53.6 Å². The van der Waals surface area contributed by atoms with E-state index in [1.165, 1.54) is 0 Å². The Kier molecular flexibility index (Phi) is 2.60. The highest BCUT2D eigenvalue weighted by molar-refractivity contribution is 5.99. The van der Waals surface area contributed by atoms with E-state index in [0.29, 0.717) is 5.84 Å². The number of rotatable bonds is 1. The molecule has 0 saturated carbocycles. The molecule has 1 fully saturated rings. The number of hydrogen-bond donors (Lipinski definition) is 1. The Balaban J connectivity index is 1.82. The summed E-state index contributed by atoms with van der Waals surface area (Å²) in [4.78, 5) is 8.64. The number of aliphatic imine (C=N–C) groups is 1. The molecule has 0 aliphatic carbocycles. The van der Waals surface area contributed by atoms with Crippen molar-refractivity contribution in [3.05, 3.63) is 36.0 Å². The van der Waals surface area contributed by atoms with Gasteiger partial charge in [0.05, 0.1) is 13.2 Å². The van der Waals surface area contributed by atoms with Gasteiger partial charge in [0, 0.05) is 25.8 Å². The van der Waals surface area contributed by atoms with Crippen molar-refractivity contribution in [2.45, 2.75) is 0 Å². The molecule has 17 heavy (non-hydrogen) atoms. The highest BCUT2D eigenvalue weighted by atomic mass is 16.5. The first-order chi connectivity index (χ1) is 8.34. The molecular weight excluding hydrogens is 218 g/mol. The van der Waals surface area contributed by atoms with Crippen LogP contribution in [-0.2, 0) is 4.74 Å². The van der Waals surface area contributed by atoms with E-state index in [9.17, 15) is 5.11 Å². The standard InChI is InChI=1S/C12H15N3O2/c16-10-2-1-4-15-5-3-11(13-12(10)15)14-6-8-17-9-7-14/h1-4,16H,5-9H2. The summed E-state index contributed by atoms with van der Waals surface area (Å²) in [5.41, 5.74) is 0. The molecule has 0 unspecified atom stereocenters. The summed E-state index contributed by atoms with van der Waals surface area (Å²) in [5.74, 6) is 1.80. The Hall–Kier alpha value is -1.75. The molecule has 3 aliphatic rings. The number of aliphatic hydroxyl groups excluding tert-OH is 1. The van der Waals surface area contributed by atoms with E-state index < -0.39 is 0 Å². The molecule has 1 saturated heterocycles. The zero-order chi connectivity index (χ0) is 11.7. The molecule has 0 bridgehead atoms. The summed E-state index contributed by atoms with van der Waals surface area (Å²) in [6, 6.07) is 0. The average molecular weight is 233 g/mol. The lowest BCUT2D eigenvalue weighted by molar-refractivity contribution is 0.0526. The van der Waals surface area contributed by atoms with Gasteiger partial charge in [-0.1, -0.05) is 0 Å². The van der Waals surface area contributed by atoms with E-state index in [2.05, 4.69) is 16.0 Å². The van der Waals surface area contributed by atoms with Gasteiger partial charge in [-0.25, -0.2) is 4.99 Å². The molecule has 0 radical (unpaired) electrons. The van der Waals surface area contributed by atoms with Gasteiger partial charge < -0.3 is 19.6 Å².